The number of H-pyrrole nitrogens is 1. The number of carboxylic acid groups (broad SMARTS) is 1. The van der Waals surface area contributed by atoms with Gasteiger partial charge in [-0.25, -0.2) is 9.78 Å². The molecule has 108 valence electrons. The number of nitrogens with one attached hydrogen (secondary N) is 1. The second-order valence-corrected chi connectivity index (χ2v) is 5.36. The Kier molecular flexibility index (Phi) is 3.21. The molecule has 2 unspecified atom stereocenters. The number of ether oxygens (including phenoxy) is 1. The summed E-state index contributed by atoms with van der Waals surface area (Å²) in [4.78, 5) is 31.9. The van der Waals surface area contributed by atoms with E-state index in [0.29, 0.717) is 30.5 Å². The van der Waals surface area contributed by atoms with Gasteiger partial charge in [-0.15, -0.1) is 0 Å². The van der Waals surface area contributed by atoms with E-state index in [9.17, 15) is 14.7 Å². The van der Waals surface area contributed by atoms with Crippen LogP contribution in [0.2, 0.25) is 0 Å². The molecule has 2 fully saturated rings. The fourth-order valence-corrected chi connectivity index (χ4v) is 2.62. The largest absolute Gasteiger partial charge is 0.480 e. The molecule has 0 bridgehead atoms. The Hall–Kier alpha value is -1.89. The minimum absolute atomic E-state index is 0.151. The normalized spacial score (nSPS) is 25.9. The SMILES string of the molecule is COC1CC(C(=O)O)N(c2cc(=O)[nH]c(C3CC3)n2)C1. The molecule has 0 spiro atoms. The molecule has 0 amide bonds. The van der Waals surface area contributed by atoms with Crippen molar-refractivity contribution in [2.75, 3.05) is 18.6 Å². The number of hydrogen-bond donors (Lipinski definition) is 2. The van der Waals surface area contributed by atoms with Crippen molar-refractivity contribution in [3.8, 4) is 0 Å². The van der Waals surface area contributed by atoms with E-state index in [1.165, 1.54) is 6.07 Å². The molecule has 20 heavy (non-hydrogen) atoms. The van der Waals surface area contributed by atoms with Crippen molar-refractivity contribution >= 4 is 11.8 Å². The van der Waals surface area contributed by atoms with Crippen molar-refractivity contribution in [2.45, 2.75) is 37.3 Å². The highest BCUT2D eigenvalue weighted by Crippen LogP contribution is 2.38. The molecular weight excluding hydrogens is 262 g/mol. The number of aromatic nitrogens is 2. The van der Waals surface area contributed by atoms with Crippen LogP contribution in [0.3, 0.4) is 0 Å². The van der Waals surface area contributed by atoms with Gasteiger partial charge in [0, 0.05) is 32.1 Å². The van der Waals surface area contributed by atoms with Gasteiger partial charge in [-0.3, -0.25) is 4.79 Å². The maximum atomic E-state index is 11.7. The average molecular weight is 279 g/mol. The summed E-state index contributed by atoms with van der Waals surface area (Å²) in [5, 5.41) is 9.31. The number of nitrogens with zero attached hydrogens (tertiary/aromatic N) is 2. The van der Waals surface area contributed by atoms with Crippen LogP contribution in [-0.2, 0) is 9.53 Å². The average Bonchev–Trinajstić information content (AvgIpc) is 3.16. The van der Waals surface area contributed by atoms with Crippen LogP contribution in [0.1, 0.15) is 31.0 Å². The highest BCUT2D eigenvalue weighted by molar-refractivity contribution is 5.78. The molecule has 2 atom stereocenters. The first-order valence-electron chi connectivity index (χ1n) is 6.72. The lowest BCUT2D eigenvalue weighted by atomic mass is 10.2. The number of carboxylic acids is 1. The molecule has 1 saturated carbocycles. The number of carbonyl (C=O) groups is 1. The summed E-state index contributed by atoms with van der Waals surface area (Å²) in [6, 6.07) is 0.668. The van der Waals surface area contributed by atoms with E-state index in [1.807, 2.05) is 0 Å². The Morgan fingerprint density at radius 2 is 2.30 bits per heavy atom. The predicted molar refractivity (Wildman–Crippen MR) is 71.0 cm³/mol. The van der Waals surface area contributed by atoms with Gasteiger partial charge in [-0.1, -0.05) is 0 Å². The first-order chi connectivity index (χ1) is 9.58. The van der Waals surface area contributed by atoms with Gasteiger partial charge in [-0.2, -0.15) is 0 Å². The molecule has 2 N–H and O–H groups in total. The third kappa shape index (κ3) is 2.40. The van der Waals surface area contributed by atoms with Crippen molar-refractivity contribution in [2.24, 2.45) is 0 Å². The lowest BCUT2D eigenvalue weighted by Crippen LogP contribution is -2.37. The molecule has 1 aromatic rings. The summed E-state index contributed by atoms with van der Waals surface area (Å²) < 4.78 is 5.24. The van der Waals surface area contributed by atoms with E-state index >= 15 is 0 Å². The summed E-state index contributed by atoms with van der Waals surface area (Å²) >= 11 is 0. The van der Waals surface area contributed by atoms with Gasteiger partial charge < -0.3 is 19.7 Å². The Bertz CT molecular complexity index is 581. The Morgan fingerprint density at radius 3 is 2.90 bits per heavy atom. The zero-order valence-electron chi connectivity index (χ0n) is 11.2. The molecule has 2 aliphatic rings. The third-order valence-corrected chi connectivity index (χ3v) is 3.89. The van der Waals surface area contributed by atoms with Gasteiger partial charge in [0.25, 0.3) is 5.56 Å². The summed E-state index contributed by atoms with van der Waals surface area (Å²) in [6.45, 7) is 0.439. The lowest BCUT2D eigenvalue weighted by molar-refractivity contribution is -0.138. The smallest absolute Gasteiger partial charge is 0.326 e. The zero-order chi connectivity index (χ0) is 14.3. The van der Waals surface area contributed by atoms with Crippen LogP contribution in [0.25, 0.3) is 0 Å². The minimum atomic E-state index is -0.917. The van der Waals surface area contributed by atoms with Gasteiger partial charge >= 0.3 is 5.97 Å². The van der Waals surface area contributed by atoms with Gasteiger partial charge in [-0.05, 0) is 12.8 Å². The minimum Gasteiger partial charge on any atom is -0.480 e. The quantitative estimate of drug-likeness (QED) is 0.824. The fourth-order valence-electron chi connectivity index (χ4n) is 2.62. The van der Waals surface area contributed by atoms with Crippen LogP contribution < -0.4 is 10.5 Å². The molecule has 2 heterocycles. The van der Waals surface area contributed by atoms with Gasteiger partial charge in [0.05, 0.1) is 6.10 Å². The topological polar surface area (TPSA) is 95.5 Å². The van der Waals surface area contributed by atoms with E-state index in [4.69, 9.17) is 4.74 Å². The molecule has 0 radical (unpaired) electrons. The number of rotatable bonds is 4. The van der Waals surface area contributed by atoms with Gasteiger partial charge in [0.1, 0.15) is 17.7 Å². The Balaban J connectivity index is 1.94. The molecule has 3 rings (SSSR count). The van der Waals surface area contributed by atoms with E-state index in [2.05, 4.69) is 9.97 Å². The molecule has 7 nitrogen and oxygen atoms in total. The monoisotopic (exact) mass is 279 g/mol. The zero-order valence-corrected chi connectivity index (χ0v) is 11.2. The second-order valence-electron chi connectivity index (χ2n) is 5.36. The Labute approximate surface area is 115 Å². The number of aromatic amines is 1. The van der Waals surface area contributed by atoms with E-state index in [1.54, 1.807) is 12.0 Å². The highest BCUT2D eigenvalue weighted by Gasteiger charge is 2.38. The van der Waals surface area contributed by atoms with Crippen LogP contribution in [0.5, 0.6) is 0 Å². The highest BCUT2D eigenvalue weighted by atomic mass is 16.5. The second kappa shape index (κ2) is 4.90. The van der Waals surface area contributed by atoms with E-state index in [-0.39, 0.29) is 11.7 Å². The molecule has 1 aromatic heterocycles. The first-order valence-corrected chi connectivity index (χ1v) is 6.72. The van der Waals surface area contributed by atoms with Crippen molar-refractivity contribution in [1.29, 1.82) is 0 Å². The molecule has 7 heteroatoms. The number of aliphatic carboxylic acids is 1. The fraction of sp³-hybridized carbons (Fsp3) is 0.615. The lowest BCUT2D eigenvalue weighted by Gasteiger charge is -2.22. The predicted octanol–water partition coefficient (Wildman–Crippen LogP) is 0.326. The van der Waals surface area contributed by atoms with Crippen molar-refractivity contribution in [3.05, 3.63) is 22.2 Å². The maximum Gasteiger partial charge on any atom is 0.326 e. The van der Waals surface area contributed by atoms with Crippen LogP contribution in [0.4, 0.5) is 5.82 Å². The van der Waals surface area contributed by atoms with Gasteiger partial charge in [0.15, 0.2) is 0 Å². The maximum absolute atomic E-state index is 11.7. The van der Waals surface area contributed by atoms with Crippen molar-refractivity contribution in [1.82, 2.24) is 9.97 Å². The van der Waals surface area contributed by atoms with E-state index in [0.717, 1.165) is 12.8 Å². The standard InChI is InChI=1S/C13H17N3O4/c1-20-8-4-9(13(18)19)16(6-8)10-5-11(17)15-12(14-10)7-2-3-7/h5,7-9H,2-4,6H2,1H3,(H,18,19)(H,14,15,17). The molecular formula is C13H17N3O4. The molecule has 1 aliphatic heterocycles. The number of anilines is 1. The van der Waals surface area contributed by atoms with Crippen LogP contribution >= 0.6 is 0 Å². The summed E-state index contributed by atoms with van der Waals surface area (Å²) in [5.74, 6) is 0.492. The molecule has 1 saturated heterocycles. The van der Waals surface area contributed by atoms with Crippen LogP contribution in [0.15, 0.2) is 10.9 Å². The van der Waals surface area contributed by atoms with E-state index < -0.39 is 12.0 Å². The van der Waals surface area contributed by atoms with Crippen LogP contribution in [0, 0.1) is 0 Å². The summed E-state index contributed by atoms with van der Waals surface area (Å²) in [5.41, 5.74) is -0.234. The van der Waals surface area contributed by atoms with Crippen LogP contribution in [-0.4, -0.2) is 46.8 Å². The number of methoxy groups -OCH3 is 1. The summed E-state index contributed by atoms with van der Waals surface area (Å²) in [7, 11) is 1.56. The van der Waals surface area contributed by atoms with Gasteiger partial charge in [0.2, 0.25) is 0 Å². The molecule has 1 aliphatic carbocycles. The molecule has 0 aromatic carbocycles. The van der Waals surface area contributed by atoms with Crippen molar-refractivity contribution < 1.29 is 14.6 Å². The Morgan fingerprint density at radius 1 is 1.55 bits per heavy atom. The number of hydrogen-bond acceptors (Lipinski definition) is 5. The first kappa shape index (κ1) is 13.1. The summed E-state index contributed by atoms with van der Waals surface area (Å²) in [6.07, 6.45) is 2.30. The van der Waals surface area contributed by atoms with Crippen molar-refractivity contribution in [3.63, 3.8) is 0 Å². The third-order valence-electron chi connectivity index (χ3n) is 3.89.